The van der Waals surface area contributed by atoms with Gasteiger partial charge in [-0.2, -0.15) is 4.98 Å². The maximum absolute atomic E-state index is 14.7. The summed E-state index contributed by atoms with van der Waals surface area (Å²) in [5.41, 5.74) is 0.599. The number of carbonyl (C=O) groups excluding carboxylic acids is 3. The summed E-state index contributed by atoms with van der Waals surface area (Å²) in [5, 5.41) is 15.9. The number of ketones is 1. The third kappa shape index (κ3) is 5.21. The molecule has 2 aromatic carbocycles. The molecule has 2 heterocycles. The van der Waals surface area contributed by atoms with Crippen molar-refractivity contribution in [2.45, 2.75) is 44.4 Å². The average Bonchev–Trinajstić information content (AvgIpc) is 3.56. The number of aliphatic hydroxyl groups excluding tert-OH is 1. The number of nitrogens with zero attached hydrogens (tertiary/aromatic N) is 2. The smallest absolute Gasteiger partial charge is 0.331 e. The van der Waals surface area contributed by atoms with Gasteiger partial charge in [0.05, 0.1) is 5.56 Å². The van der Waals surface area contributed by atoms with E-state index < -0.39 is 35.9 Å². The molecule has 0 bridgehead atoms. The van der Waals surface area contributed by atoms with Crippen molar-refractivity contribution < 1.29 is 37.9 Å². The molecular formula is C26H24FN3O7. The normalized spacial score (nSPS) is 19.8. The fraction of sp³-hybridized carbons (Fsp3) is 0.346. The van der Waals surface area contributed by atoms with Gasteiger partial charge in [-0.15, -0.1) is 0 Å². The highest BCUT2D eigenvalue weighted by molar-refractivity contribution is 5.99. The second kappa shape index (κ2) is 10.1. The van der Waals surface area contributed by atoms with E-state index in [1.54, 1.807) is 24.3 Å². The SMILES string of the molecule is CC[C@@H](Oc1ccc(C(=O)C2CC2)cc1)c1nc(-c2ccc(C(=O)N[C@@H]3C(=O)OC[C@H]3O)c(F)c2)no1. The molecular weight excluding hydrogens is 485 g/mol. The Kier molecular flexibility index (Phi) is 6.70. The van der Waals surface area contributed by atoms with Crippen LogP contribution in [0.5, 0.6) is 5.75 Å². The highest BCUT2D eigenvalue weighted by atomic mass is 19.1. The standard InChI is InChI=1S/C26H24FN3O7/c1-2-20(36-16-8-5-14(6-9-16)22(32)13-3-4-13)25-29-23(30-37-25)15-7-10-17(18(27)11-15)24(33)28-21-19(31)12-35-26(21)34/h5-11,13,19-21,31H,2-4,12H2,1H3,(H,28,33)/t19-,20-,21+/m1/s1. The summed E-state index contributed by atoms with van der Waals surface area (Å²) < 4.78 is 30.7. The van der Waals surface area contributed by atoms with Crippen LogP contribution in [0.3, 0.4) is 0 Å². The number of aromatic nitrogens is 2. The fourth-order valence-electron chi connectivity index (χ4n) is 3.96. The summed E-state index contributed by atoms with van der Waals surface area (Å²) in [5.74, 6) is -1.41. The molecule has 2 fully saturated rings. The van der Waals surface area contributed by atoms with E-state index in [4.69, 9.17) is 9.26 Å². The minimum atomic E-state index is -1.26. The van der Waals surface area contributed by atoms with Gasteiger partial charge in [0.2, 0.25) is 5.82 Å². The Morgan fingerprint density at radius 1 is 1.22 bits per heavy atom. The Morgan fingerprint density at radius 2 is 1.97 bits per heavy atom. The Morgan fingerprint density at radius 3 is 2.59 bits per heavy atom. The third-order valence-electron chi connectivity index (χ3n) is 6.25. The van der Waals surface area contributed by atoms with Crippen LogP contribution in [0, 0.1) is 11.7 Å². The molecule has 11 heteroatoms. The zero-order valence-electron chi connectivity index (χ0n) is 19.8. The van der Waals surface area contributed by atoms with Crippen LogP contribution in [0.15, 0.2) is 47.0 Å². The molecule has 0 unspecified atom stereocenters. The zero-order chi connectivity index (χ0) is 26.1. The second-order valence-corrected chi connectivity index (χ2v) is 8.98. The van der Waals surface area contributed by atoms with E-state index in [0.29, 0.717) is 17.7 Å². The summed E-state index contributed by atoms with van der Waals surface area (Å²) in [6.45, 7) is 1.64. The molecule has 3 aromatic rings. The van der Waals surface area contributed by atoms with Gasteiger partial charge in [0, 0.05) is 17.0 Å². The number of Topliss-reactive ketones (excluding diaryl/α,β-unsaturated/α-hetero) is 1. The van der Waals surface area contributed by atoms with E-state index in [1.165, 1.54) is 12.1 Å². The van der Waals surface area contributed by atoms with Gasteiger partial charge >= 0.3 is 5.97 Å². The first-order valence-corrected chi connectivity index (χ1v) is 11.9. The van der Waals surface area contributed by atoms with E-state index in [1.807, 2.05) is 6.92 Å². The van der Waals surface area contributed by atoms with Crippen LogP contribution in [0.1, 0.15) is 58.9 Å². The Hall–Kier alpha value is -4.12. The van der Waals surface area contributed by atoms with Crippen LogP contribution < -0.4 is 10.1 Å². The minimum absolute atomic E-state index is 0.100. The van der Waals surface area contributed by atoms with Gasteiger partial charge in [-0.25, -0.2) is 9.18 Å². The lowest BCUT2D eigenvalue weighted by Crippen LogP contribution is -2.45. The number of esters is 1. The first kappa shape index (κ1) is 24.6. The van der Waals surface area contributed by atoms with Crippen LogP contribution in [0.4, 0.5) is 4.39 Å². The Bertz CT molecular complexity index is 1340. The Balaban J connectivity index is 1.26. The predicted octanol–water partition coefficient (Wildman–Crippen LogP) is 3.01. The highest BCUT2D eigenvalue weighted by Crippen LogP contribution is 2.33. The molecule has 192 valence electrons. The van der Waals surface area contributed by atoms with E-state index >= 15 is 0 Å². The van der Waals surface area contributed by atoms with Gasteiger partial charge < -0.3 is 24.4 Å². The maximum Gasteiger partial charge on any atom is 0.331 e. The quantitative estimate of drug-likeness (QED) is 0.329. The van der Waals surface area contributed by atoms with Crippen molar-refractivity contribution >= 4 is 17.7 Å². The molecule has 37 heavy (non-hydrogen) atoms. The van der Waals surface area contributed by atoms with E-state index in [2.05, 4.69) is 20.2 Å². The topological polar surface area (TPSA) is 141 Å². The van der Waals surface area contributed by atoms with Gasteiger partial charge in [0.1, 0.15) is 24.3 Å². The number of aliphatic hydroxyl groups is 1. The van der Waals surface area contributed by atoms with Gasteiger partial charge in [0.25, 0.3) is 11.8 Å². The van der Waals surface area contributed by atoms with Crippen molar-refractivity contribution in [1.82, 2.24) is 15.5 Å². The lowest BCUT2D eigenvalue weighted by atomic mass is 10.1. The average molecular weight is 509 g/mol. The number of halogens is 1. The van der Waals surface area contributed by atoms with E-state index in [-0.39, 0.29) is 41.2 Å². The number of amides is 1. The summed E-state index contributed by atoms with van der Waals surface area (Å²) in [4.78, 5) is 40.5. The lowest BCUT2D eigenvalue weighted by Gasteiger charge is -2.14. The molecule has 5 rings (SSSR count). The molecule has 10 nitrogen and oxygen atoms in total. The lowest BCUT2D eigenvalue weighted by molar-refractivity contribution is -0.139. The first-order chi connectivity index (χ1) is 17.8. The van der Waals surface area contributed by atoms with Crippen LogP contribution in [0.25, 0.3) is 11.4 Å². The molecule has 0 radical (unpaired) electrons. The summed E-state index contributed by atoms with van der Waals surface area (Å²) in [6, 6.07) is 9.39. The third-order valence-corrected chi connectivity index (χ3v) is 6.25. The zero-order valence-corrected chi connectivity index (χ0v) is 19.8. The van der Waals surface area contributed by atoms with Crippen LogP contribution in [0.2, 0.25) is 0 Å². The Labute approximate surface area is 210 Å². The minimum Gasteiger partial charge on any atom is -0.481 e. The van der Waals surface area contributed by atoms with Crippen molar-refractivity contribution in [3.05, 3.63) is 65.3 Å². The monoisotopic (exact) mass is 509 g/mol. The number of benzene rings is 2. The molecule has 1 saturated carbocycles. The summed E-state index contributed by atoms with van der Waals surface area (Å²) >= 11 is 0. The van der Waals surface area contributed by atoms with Gasteiger partial charge in [-0.05, 0) is 55.7 Å². The number of ether oxygens (including phenoxy) is 2. The van der Waals surface area contributed by atoms with Gasteiger partial charge in [-0.3, -0.25) is 9.59 Å². The van der Waals surface area contributed by atoms with Crippen LogP contribution >= 0.6 is 0 Å². The molecule has 1 saturated heterocycles. The molecule has 1 aromatic heterocycles. The molecule has 3 atom stereocenters. The summed E-state index contributed by atoms with van der Waals surface area (Å²) in [6.07, 6.45) is 0.616. The summed E-state index contributed by atoms with van der Waals surface area (Å²) in [7, 11) is 0. The van der Waals surface area contributed by atoms with Crippen molar-refractivity contribution in [2.24, 2.45) is 5.92 Å². The van der Waals surface area contributed by atoms with E-state index in [9.17, 15) is 23.9 Å². The highest BCUT2D eigenvalue weighted by Gasteiger charge is 2.37. The number of nitrogens with one attached hydrogen (secondary N) is 1. The second-order valence-electron chi connectivity index (χ2n) is 8.98. The number of cyclic esters (lactones) is 1. The number of hydrogen-bond acceptors (Lipinski definition) is 9. The van der Waals surface area contributed by atoms with Gasteiger partial charge in [-0.1, -0.05) is 18.1 Å². The number of carbonyl (C=O) groups is 3. The van der Waals surface area contributed by atoms with Crippen molar-refractivity contribution in [2.75, 3.05) is 6.61 Å². The predicted molar refractivity (Wildman–Crippen MR) is 125 cm³/mol. The molecule has 1 aliphatic heterocycles. The molecule has 1 aliphatic carbocycles. The van der Waals surface area contributed by atoms with Crippen molar-refractivity contribution in [3.8, 4) is 17.1 Å². The number of rotatable bonds is 9. The molecule has 2 N–H and O–H groups in total. The first-order valence-electron chi connectivity index (χ1n) is 11.9. The van der Waals surface area contributed by atoms with Crippen molar-refractivity contribution in [3.63, 3.8) is 0 Å². The molecule has 0 spiro atoms. The largest absolute Gasteiger partial charge is 0.481 e. The van der Waals surface area contributed by atoms with Gasteiger partial charge in [0.15, 0.2) is 17.9 Å². The van der Waals surface area contributed by atoms with Crippen LogP contribution in [-0.2, 0) is 9.53 Å². The number of hydrogen-bond donors (Lipinski definition) is 2. The molecule has 2 aliphatic rings. The fourth-order valence-corrected chi connectivity index (χ4v) is 3.96. The van der Waals surface area contributed by atoms with E-state index in [0.717, 1.165) is 18.9 Å². The van der Waals surface area contributed by atoms with Crippen molar-refractivity contribution in [1.29, 1.82) is 0 Å². The maximum atomic E-state index is 14.7. The molecule has 1 amide bonds. The van der Waals surface area contributed by atoms with Crippen LogP contribution in [-0.4, -0.2) is 51.7 Å².